The van der Waals surface area contributed by atoms with E-state index in [-0.39, 0.29) is 35.6 Å². The van der Waals surface area contributed by atoms with Crippen molar-refractivity contribution in [2.75, 3.05) is 26.7 Å². The summed E-state index contributed by atoms with van der Waals surface area (Å²) in [5.41, 5.74) is 0.872. The van der Waals surface area contributed by atoms with E-state index in [0.717, 1.165) is 18.4 Å². The highest BCUT2D eigenvalue weighted by Gasteiger charge is 2.28. The zero-order valence-corrected chi connectivity index (χ0v) is 19.4. The minimum absolute atomic E-state index is 0. The third kappa shape index (κ3) is 10.9. The molecule has 1 aromatic carbocycles. The van der Waals surface area contributed by atoms with Gasteiger partial charge in [-0.05, 0) is 36.5 Å². The maximum atomic E-state index is 12.2. The summed E-state index contributed by atoms with van der Waals surface area (Å²) in [6, 6.07) is 6.38. The van der Waals surface area contributed by atoms with Crippen LogP contribution in [0.1, 0.15) is 37.7 Å². The molecule has 1 saturated carbocycles. The van der Waals surface area contributed by atoms with Gasteiger partial charge in [-0.1, -0.05) is 25.0 Å². The molecule has 1 aliphatic carbocycles. The molecule has 10 heteroatoms. The largest absolute Gasteiger partial charge is 0.484 e. The van der Waals surface area contributed by atoms with Crippen LogP contribution < -0.4 is 20.7 Å². The van der Waals surface area contributed by atoms with Crippen molar-refractivity contribution in [3.8, 4) is 5.75 Å². The van der Waals surface area contributed by atoms with Crippen molar-refractivity contribution in [3.63, 3.8) is 0 Å². The number of benzene rings is 1. The number of carbonyl (C=O) groups is 1. The molecule has 0 heterocycles. The van der Waals surface area contributed by atoms with Gasteiger partial charge in [-0.25, -0.2) is 0 Å². The summed E-state index contributed by atoms with van der Waals surface area (Å²) in [5.74, 6) is 1.37. The molecule has 0 unspecified atom stereocenters. The molecule has 1 amide bonds. The molecule has 2 rings (SSSR count). The molecule has 0 saturated heterocycles. The summed E-state index contributed by atoms with van der Waals surface area (Å²) in [6.07, 6.45) is 1.01. The predicted molar refractivity (Wildman–Crippen MR) is 121 cm³/mol. The zero-order valence-electron chi connectivity index (χ0n) is 17.1. The van der Waals surface area contributed by atoms with Crippen LogP contribution in [0.5, 0.6) is 5.75 Å². The molecule has 30 heavy (non-hydrogen) atoms. The first kappa shape index (κ1) is 26.3. The Hall–Kier alpha value is -1.72. The summed E-state index contributed by atoms with van der Waals surface area (Å²) in [4.78, 5) is 16.0. The van der Waals surface area contributed by atoms with Gasteiger partial charge in [-0.3, -0.25) is 9.79 Å². The number of guanidine groups is 1. The first-order valence-corrected chi connectivity index (χ1v) is 9.85. The molecule has 0 aromatic heterocycles. The van der Waals surface area contributed by atoms with E-state index in [9.17, 15) is 18.0 Å². The van der Waals surface area contributed by atoms with Gasteiger partial charge < -0.3 is 20.7 Å². The lowest BCUT2D eigenvalue weighted by Crippen LogP contribution is -2.41. The fraction of sp³-hybridized carbons (Fsp3) is 0.600. The number of aliphatic imine (C=N–C) groups is 1. The van der Waals surface area contributed by atoms with E-state index in [1.807, 2.05) is 0 Å². The number of rotatable bonds is 9. The fourth-order valence-electron chi connectivity index (χ4n) is 3.21. The SMILES string of the molecule is CN=C(NCCNC(=O)CC1CCCC1)NCc1ccc(OCC(F)(F)F)cc1.I. The molecular formula is C20H30F3IN4O2. The van der Waals surface area contributed by atoms with Gasteiger partial charge >= 0.3 is 6.18 Å². The monoisotopic (exact) mass is 542 g/mol. The molecular weight excluding hydrogens is 512 g/mol. The minimum Gasteiger partial charge on any atom is -0.484 e. The number of hydrogen-bond donors (Lipinski definition) is 3. The second-order valence-corrected chi connectivity index (χ2v) is 7.10. The maximum absolute atomic E-state index is 12.2. The average molecular weight is 542 g/mol. The Morgan fingerprint density at radius 3 is 2.33 bits per heavy atom. The number of nitrogens with zero attached hydrogens (tertiary/aromatic N) is 1. The molecule has 6 nitrogen and oxygen atoms in total. The lowest BCUT2D eigenvalue weighted by Gasteiger charge is -2.14. The van der Waals surface area contributed by atoms with Crippen LogP contribution in [0.25, 0.3) is 0 Å². The van der Waals surface area contributed by atoms with E-state index in [4.69, 9.17) is 0 Å². The van der Waals surface area contributed by atoms with Crippen LogP contribution in [0.2, 0.25) is 0 Å². The van der Waals surface area contributed by atoms with E-state index < -0.39 is 12.8 Å². The van der Waals surface area contributed by atoms with E-state index in [1.54, 1.807) is 19.2 Å². The van der Waals surface area contributed by atoms with Gasteiger partial charge in [-0.2, -0.15) is 13.2 Å². The van der Waals surface area contributed by atoms with Gasteiger partial charge in [0, 0.05) is 33.1 Å². The summed E-state index contributed by atoms with van der Waals surface area (Å²) in [5, 5.41) is 9.14. The molecule has 170 valence electrons. The molecule has 1 aromatic rings. The molecule has 1 fully saturated rings. The average Bonchev–Trinajstić information content (AvgIpc) is 3.19. The van der Waals surface area contributed by atoms with E-state index >= 15 is 0 Å². The molecule has 0 spiro atoms. The highest BCUT2D eigenvalue weighted by molar-refractivity contribution is 14.0. The van der Waals surface area contributed by atoms with Crippen LogP contribution in [0.15, 0.2) is 29.3 Å². The van der Waals surface area contributed by atoms with Crippen molar-refractivity contribution < 1.29 is 22.7 Å². The Labute approximate surface area is 192 Å². The van der Waals surface area contributed by atoms with E-state index in [1.165, 1.54) is 25.0 Å². The zero-order chi connectivity index (χ0) is 21.1. The van der Waals surface area contributed by atoms with Crippen molar-refractivity contribution in [1.29, 1.82) is 0 Å². The molecule has 0 radical (unpaired) electrons. The van der Waals surface area contributed by atoms with Crippen LogP contribution in [-0.2, 0) is 11.3 Å². The Morgan fingerprint density at radius 1 is 1.10 bits per heavy atom. The number of ether oxygens (including phenoxy) is 1. The van der Waals surface area contributed by atoms with Crippen molar-refractivity contribution in [3.05, 3.63) is 29.8 Å². The minimum atomic E-state index is -4.35. The number of carbonyl (C=O) groups excluding carboxylic acids is 1. The van der Waals surface area contributed by atoms with Gasteiger partial charge in [0.25, 0.3) is 0 Å². The standard InChI is InChI=1S/C20H29F3N4O2.HI/c1-24-19(26-11-10-25-18(28)12-15-4-2-3-5-15)27-13-16-6-8-17(9-7-16)29-14-20(21,22)23;/h6-9,15H,2-5,10-14H2,1H3,(H,25,28)(H2,24,26,27);1H. The predicted octanol–water partition coefficient (Wildman–Crippen LogP) is 3.61. The van der Waals surface area contributed by atoms with Crippen LogP contribution in [0.3, 0.4) is 0 Å². The molecule has 0 atom stereocenters. The summed E-state index contributed by atoms with van der Waals surface area (Å²) >= 11 is 0. The van der Waals surface area contributed by atoms with E-state index in [2.05, 4.69) is 25.7 Å². The first-order chi connectivity index (χ1) is 13.9. The van der Waals surface area contributed by atoms with Crippen molar-refractivity contribution in [2.24, 2.45) is 10.9 Å². The topological polar surface area (TPSA) is 74.8 Å². The lowest BCUT2D eigenvalue weighted by molar-refractivity contribution is -0.153. The normalized spacial score (nSPS) is 14.7. The van der Waals surface area contributed by atoms with Crippen molar-refractivity contribution >= 4 is 35.8 Å². The van der Waals surface area contributed by atoms with Gasteiger partial charge in [0.1, 0.15) is 5.75 Å². The second kappa shape index (κ2) is 13.6. The third-order valence-electron chi connectivity index (χ3n) is 4.70. The highest BCUT2D eigenvalue weighted by Crippen LogP contribution is 2.27. The van der Waals surface area contributed by atoms with Gasteiger partial charge in [0.2, 0.25) is 5.91 Å². The van der Waals surface area contributed by atoms with Crippen molar-refractivity contribution in [1.82, 2.24) is 16.0 Å². The molecule has 0 aliphatic heterocycles. The molecule has 1 aliphatic rings. The Kier molecular flexibility index (Phi) is 11.9. The summed E-state index contributed by atoms with van der Waals surface area (Å²) in [6.45, 7) is 0.198. The number of alkyl halides is 3. The Morgan fingerprint density at radius 2 is 1.73 bits per heavy atom. The number of halogens is 4. The van der Waals surface area contributed by atoms with Gasteiger partial charge in [0.15, 0.2) is 12.6 Å². The van der Waals surface area contributed by atoms with Crippen LogP contribution in [0, 0.1) is 5.92 Å². The highest BCUT2D eigenvalue weighted by atomic mass is 127. The second-order valence-electron chi connectivity index (χ2n) is 7.10. The first-order valence-electron chi connectivity index (χ1n) is 9.85. The Bertz CT molecular complexity index is 663. The lowest BCUT2D eigenvalue weighted by atomic mass is 10.0. The van der Waals surface area contributed by atoms with Gasteiger partial charge in [0.05, 0.1) is 0 Å². The molecule has 3 N–H and O–H groups in total. The van der Waals surface area contributed by atoms with Crippen LogP contribution in [-0.4, -0.2) is 44.8 Å². The van der Waals surface area contributed by atoms with Gasteiger partial charge in [-0.15, -0.1) is 24.0 Å². The number of nitrogens with one attached hydrogen (secondary N) is 3. The smallest absolute Gasteiger partial charge is 0.422 e. The maximum Gasteiger partial charge on any atom is 0.422 e. The third-order valence-corrected chi connectivity index (χ3v) is 4.70. The fourth-order valence-corrected chi connectivity index (χ4v) is 3.21. The number of hydrogen-bond acceptors (Lipinski definition) is 3. The molecule has 0 bridgehead atoms. The van der Waals surface area contributed by atoms with Crippen LogP contribution >= 0.6 is 24.0 Å². The number of amides is 1. The summed E-state index contributed by atoms with van der Waals surface area (Å²) in [7, 11) is 1.64. The summed E-state index contributed by atoms with van der Waals surface area (Å²) < 4.78 is 41.1. The quantitative estimate of drug-likeness (QED) is 0.193. The van der Waals surface area contributed by atoms with Crippen molar-refractivity contribution in [2.45, 2.75) is 44.8 Å². The Balaban J connectivity index is 0.00000450. The van der Waals surface area contributed by atoms with Crippen LogP contribution in [0.4, 0.5) is 13.2 Å². The van der Waals surface area contributed by atoms with E-state index in [0.29, 0.717) is 37.9 Å².